The molecule has 1 fully saturated rings. The second-order valence-electron chi connectivity index (χ2n) is 9.97. The standard InChI is InChI=1S/C28H34N2O5/c1-18(25(31)32)14-16-29-26(33)28(2)15-8-7-13-24(28)30-27(34)35-17-23-21-11-5-3-9-19(21)20-10-4-6-12-22(20)23/h3-6,9-12,18,23-24H,7-8,13-17H2,1-2H3,(H,29,33)(H,30,34)(H,31,32). The van der Waals surface area contributed by atoms with Gasteiger partial charge in [0.05, 0.1) is 11.3 Å². The van der Waals surface area contributed by atoms with Crippen LogP contribution in [-0.2, 0) is 14.3 Å². The SMILES string of the molecule is CC(CCNC(=O)C1(C)CCCCC1NC(=O)OCC1c2ccccc2-c2ccccc21)C(=O)O. The van der Waals surface area contributed by atoms with Crippen molar-refractivity contribution in [3.63, 3.8) is 0 Å². The Kier molecular flexibility index (Phi) is 7.43. The second kappa shape index (κ2) is 10.5. The molecule has 3 atom stereocenters. The Labute approximate surface area is 206 Å². The highest BCUT2D eigenvalue weighted by atomic mass is 16.5. The third-order valence-corrected chi connectivity index (χ3v) is 7.65. The summed E-state index contributed by atoms with van der Waals surface area (Å²) >= 11 is 0. The number of hydrogen-bond acceptors (Lipinski definition) is 4. The zero-order valence-electron chi connectivity index (χ0n) is 20.4. The molecule has 2 amide bonds. The summed E-state index contributed by atoms with van der Waals surface area (Å²) < 4.78 is 5.71. The van der Waals surface area contributed by atoms with Gasteiger partial charge >= 0.3 is 12.1 Å². The van der Waals surface area contributed by atoms with Gasteiger partial charge in [-0.2, -0.15) is 0 Å². The highest BCUT2D eigenvalue weighted by Gasteiger charge is 2.44. The lowest BCUT2D eigenvalue weighted by molar-refractivity contribution is -0.141. The van der Waals surface area contributed by atoms with Gasteiger partial charge in [-0.25, -0.2) is 4.79 Å². The van der Waals surface area contributed by atoms with Crippen molar-refractivity contribution in [2.24, 2.45) is 11.3 Å². The molecule has 35 heavy (non-hydrogen) atoms. The van der Waals surface area contributed by atoms with Crippen molar-refractivity contribution in [3.05, 3.63) is 59.7 Å². The fraction of sp³-hybridized carbons (Fsp3) is 0.464. The minimum atomic E-state index is -0.877. The predicted octanol–water partition coefficient (Wildman–Crippen LogP) is 4.70. The van der Waals surface area contributed by atoms with E-state index in [0.717, 1.165) is 24.0 Å². The van der Waals surface area contributed by atoms with Crippen LogP contribution in [0.3, 0.4) is 0 Å². The second-order valence-corrected chi connectivity index (χ2v) is 9.97. The number of carbonyl (C=O) groups excluding carboxylic acids is 2. The van der Waals surface area contributed by atoms with Gasteiger partial charge in [-0.05, 0) is 48.4 Å². The van der Waals surface area contributed by atoms with Gasteiger partial charge < -0.3 is 20.5 Å². The monoisotopic (exact) mass is 478 g/mol. The number of fused-ring (bicyclic) bond motifs is 3. The average molecular weight is 479 g/mol. The van der Waals surface area contributed by atoms with Crippen molar-refractivity contribution in [3.8, 4) is 11.1 Å². The molecule has 2 aromatic carbocycles. The van der Waals surface area contributed by atoms with Crippen LogP contribution in [0.25, 0.3) is 11.1 Å². The third-order valence-electron chi connectivity index (χ3n) is 7.65. The Morgan fingerprint density at radius 3 is 2.31 bits per heavy atom. The van der Waals surface area contributed by atoms with E-state index in [0.29, 0.717) is 25.8 Å². The summed E-state index contributed by atoms with van der Waals surface area (Å²) in [5, 5.41) is 14.9. The zero-order valence-corrected chi connectivity index (χ0v) is 20.4. The molecular formula is C28H34N2O5. The molecule has 3 unspecified atom stereocenters. The number of carboxylic acids is 1. The maximum atomic E-state index is 13.1. The lowest BCUT2D eigenvalue weighted by Crippen LogP contribution is -2.55. The summed E-state index contributed by atoms with van der Waals surface area (Å²) in [5.74, 6) is -1.58. The Bertz CT molecular complexity index is 1050. The maximum Gasteiger partial charge on any atom is 0.407 e. The third kappa shape index (κ3) is 5.19. The lowest BCUT2D eigenvalue weighted by Gasteiger charge is -2.40. The van der Waals surface area contributed by atoms with Gasteiger partial charge in [-0.15, -0.1) is 0 Å². The van der Waals surface area contributed by atoms with Crippen LogP contribution >= 0.6 is 0 Å². The molecule has 186 valence electrons. The highest BCUT2D eigenvalue weighted by molar-refractivity contribution is 5.84. The average Bonchev–Trinajstić information content (AvgIpc) is 3.17. The number of amides is 2. The first-order chi connectivity index (χ1) is 16.8. The van der Waals surface area contributed by atoms with E-state index >= 15 is 0 Å². The number of carboxylic acid groups (broad SMARTS) is 1. The first-order valence-electron chi connectivity index (χ1n) is 12.4. The predicted molar refractivity (Wildman–Crippen MR) is 133 cm³/mol. The smallest absolute Gasteiger partial charge is 0.407 e. The topological polar surface area (TPSA) is 105 Å². The van der Waals surface area contributed by atoms with Gasteiger partial charge in [0.2, 0.25) is 5.91 Å². The first kappa shape index (κ1) is 24.8. The fourth-order valence-corrected chi connectivity index (χ4v) is 5.35. The lowest BCUT2D eigenvalue weighted by atomic mass is 9.71. The van der Waals surface area contributed by atoms with E-state index in [-0.39, 0.29) is 24.5 Å². The molecular weight excluding hydrogens is 444 g/mol. The number of carbonyl (C=O) groups is 3. The zero-order chi connectivity index (χ0) is 25.0. The molecule has 7 nitrogen and oxygen atoms in total. The van der Waals surface area contributed by atoms with Crippen molar-refractivity contribution in [2.75, 3.05) is 13.2 Å². The van der Waals surface area contributed by atoms with Crippen molar-refractivity contribution in [2.45, 2.75) is 57.9 Å². The van der Waals surface area contributed by atoms with E-state index in [2.05, 4.69) is 34.9 Å². The maximum absolute atomic E-state index is 13.1. The van der Waals surface area contributed by atoms with E-state index in [4.69, 9.17) is 9.84 Å². The molecule has 3 N–H and O–H groups in total. The molecule has 0 heterocycles. The van der Waals surface area contributed by atoms with Crippen molar-refractivity contribution in [1.82, 2.24) is 10.6 Å². The van der Waals surface area contributed by atoms with E-state index in [9.17, 15) is 14.4 Å². The molecule has 0 spiro atoms. The molecule has 2 aliphatic carbocycles. The fourth-order valence-electron chi connectivity index (χ4n) is 5.35. The molecule has 7 heteroatoms. The summed E-state index contributed by atoms with van der Waals surface area (Å²) in [7, 11) is 0. The molecule has 0 radical (unpaired) electrons. The van der Waals surface area contributed by atoms with Crippen LogP contribution in [0.4, 0.5) is 4.79 Å². The number of nitrogens with one attached hydrogen (secondary N) is 2. The Balaban J connectivity index is 1.37. The normalized spacial score (nSPS) is 21.9. The van der Waals surface area contributed by atoms with Gasteiger partial charge in [-0.1, -0.05) is 68.3 Å². The number of ether oxygens (including phenoxy) is 1. The summed E-state index contributed by atoms with van der Waals surface area (Å²) in [5.41, 5.74) is 3.88. The van der Waals surface area contributed by atoms with Gasteiger partial charge in [0.25, 0.3) is 0 Å². The highest BCUT2D eigenvalue weighted by Crippen LogP contribution is 2.44. The number of rotatable bonds is 8. The Hall–Kier alpha value is -3.35. The van der Waals surface area contributed by atoms with E-state index in [1.165, 1.54) is 11.1 Å². The van der Waals surface area contributed by atoms with E-state index in [1.54, 1.807) is 6.92 Å². The van der Waals surface area contributed by atoms with Crippen LogP contribution in [0.5, 0.6) is 0 Å². The minimum Gasteiger partial charge on any atom is -0.481 e. The quantitative estimate of drug-likeness (QED) is 0.510. The molecule has 0 bridgehead atoms. The number of hydrogen-bond donors (Lipinski definition) is 3. The largest absolute Gasteiger partial charge is 0.481 e. The molecule has 1 saturated carbocycles. The molecule has 0 saturated heterocycles. The van der Waals surface area contributed by atoms with Crippen LogP contribution in [0.2, 0.25) is 0 Å². The minimum absolute atomic E-state index is 0.0228. The van der Waals surface area contributed by atoms with Crippen LogP contribution in [0.15, 0.2) is 48.5 Å². The molecule has 0 aromatic heterocycles. The Morgan fingerprint density at radius 1 is 1.06 bits per heavy atom. The van der Waals surface area contributed by atoms with Crippen molar-refractivity contribution < 1.29 is 24.2 Å². The van der Waals surface area contributed by atoms with Crippen LogP contribution in [0, 0.1) is 11.3 Å². The molecule has 4 rings (SSSR count). The summed E-state index contributed by atoms with van der Waals surface area (Å²) in [6.07, 6.45) is 3.02. The van der Waals surface area contributed by atoms with Crippen LogP contribution in [0.1, 0.15) is 63.0 Å². The number of aliphatic carboxylic acids is 1. The Morgan fingerprint density at radius 2 is 1.69 bits per heavy atom. The molecule has 2 aliphatic rings. The van der Waals surface area contributed by atoms with Crippen molar-refractivity contribution >= 4 is 18.0 Å². The molecule has 0 aliphatic heterocycles. The van der Waals surface area contributed by atoms with Crippen LogP contribution < -0.4 is 10.6 Å². The molecule has 2 aromatic rings. The van der Waals surface area contributed by atoms with E-state index < -0.39 is 23.4 Å². The summed E-state index contributed by atoms with van der Waals surface area (Å²) in [4.78, 5) is 36.9. The van der Waals surface area contributed by atoms with Crippen LogP contribution in [-0.4, -0.2) is 42.3 Å². The van der Waals surface area contributed by atoms with Gasteiger partial charge in [0, 0.05) is 18.5 Å². The van der Waals surface area contributed by atoms with Gasteiger partial charge in [0.1, 0.15) is 6.61 Å². The summed E-state index contributed by atoms with van der Waals surface area (Å²) in [6.45, 7) is 4.01. The number of benzene rings is 2. The van der Waals surface area contributed by atoms with Gasteiger partial charge in [-0.3, -0.25) is 9.59 Å². The van der Waals surface area contributed by atoms with Gasteiger partial charge in [0.15, 0.2) is 0 Å². The number of alkyl carbamates (subject to hydrolysis) is 1. The summed E-state index contributed by atoms with van der Waals surface area (Å²) in [6, 6.07) is 16.0. The first-order valence-corrected chi connectivity index (χ1v) is 12.4. The van der Waals surface area contributed by atoms with Crippen molar-refractivity contribution in [1.29, 1.82) is 0 Å². The van der Waals surface area contributed by atoms with E-state index in [1.807, 2.05) is 31.2 Å².